The Morgan fingerprint density at radius 3 is 2.30 bits per heavy atom. The highest BCUT2D eigenvalue weighted by atomic mass is 16.6. The van der Waals surface area contributed by atoms with Gasteiger partial charge in [-0.2, -0.15) is 0 Å². The maximum atomic E-state index is 11.5. The number of rotatable bonds is 9. The molecule has 0 aliphatic carbocycles. The van der Waals surface area contributed by atoms with Gasteiger partial charge in [0.05, 0.1) is 6.61 Å². The Balaban J connectivity index is 4.22. The number of amides is 1. The number of Topliss-reactive ketones (excluding diaryl/α,β-unsaturated/α-hetero) is 1. The van der Waals surface area contributed by atoms with E-state index >= 15 is 0 Å². The minimum Gasteiger partial charge on any atom is -0.443 e. The fourth-order valence-electron chi connectivity index (χ4n) is 1.49. The Hall–Kier alpha value is -1.14. The van der Waals surface area contributed by atoms with Crippen LogP contribution in [0, 0.1) is 0 Å². The van der Waals surface area contributed by atoms with Crippen molar-refractivity contribution in [3.8, 4) is 0 Å². The fourth-order valence-corrected chi connectivity index (χ4v) is 1.49. The van der Waals surface area contributed by atoms with Crippen LogP contribution in [0.3, 0.4) is 0 Å². The van der Waals surface area contributed by atoms with Crippen molar-refractivity contribution in [1.82, 2.24) is 5.32 Å². The van der Waals surface area contributed by atoms with Gasteiger partial charge in [0.25, 0.3) is 0 Å². The van der Waals surface area contributed by atoms with E-state index in [0.29, 0.717) is 32.5 Å². The predicted octanol–water partition coefficient (Wildman–Crippen LogP) is 1.61. The minimum absolute atomic E-state index is 0.000543. The largest absolute Gasteiger partial charge is 0.443 e. The Bertz CT molecular complexity index is 331. The molecule has 0 fully saturated rings. The first-order valence-corrected chi connectivity index (χ1v) is 6.99. The summed E-state index contributed by atoms with van der Waals surface area (Å²) in [7, 11) is 0. The van der Waals surface area contributed by atoms with Gasteiger partial charge in [-0.25, -0.2) is 4.79 Å². The van der Waals surface area contributed by atoms with E-state index < -0.39 is 17.3 Å². The molecule has 0 spiro atoms. The first-order valence-electron chi connectivity index (χ1n) is 6.99. The second-order valence-corrected chi connectivity index (χ2v) is 5.60. The summed E-state index contributed by atoms with van der Waals surface area (Å²) >= 11 is 0. The van der Waals surface area contributed by atoms with Gasteiger partial charge in [0.2, 0.25) is 0 Å². The molecular weight excluding hydrogens is 260 g/mol. The van der Waals surface area contributed by atoms with E-state index in [1.54, 1.807) is 20.8 Å². The lowest BCUT2D eigenvalue weighted by Gasteiger charge is -2.29. The monoisotopic (exact) mass is 288 g/mol. The number of nitrogens with two attached hydrogens (primary N) is 1. The average molecular weight is 288 g/mol. The summed E-state index contributed by atoms with van der Waals surface area (Å²) in [6.07, 6.45) is 0.622. The smallest absolute Gasteiger partial charge is 0.407 e. The number of ether oxygens (including phenoxy) is 2. The molecule has 0 radical (unpaired) electrons. The Labute approximate surface area is 121 Å². The van der Waals surface area contributed by atoms with Crippen molar-refractivity contribution in [2.24, 2.45) is 5.73 Å². The van der Waals surface area contributed by atoms with Crippen LogP contribution in [-0.2, 0) is 14.3 Å². The summed E-state index contributed by atoms with van der Waals surface area (Å²) in [5, 5.41) is 2.54. The minimum atomic E-state index is -0.766. The highest BCUT2D eigenvalue weighted by molar-refractivity contribution is 5.84. The topological polar surface area (TPSA) is 90.7 Å². The van der Waals surface area contributed by atoms with Crippen molar-refractivity contribution < 1.29 is 19.1 Å². The van der Waals surface area contributed by atoms with Crippen LogP contribution in [0.1, 0.15) is 47.5 Å². The van der Waals surface area contributed by atoms with Crippen LogP contribution in [0.4, 0.5) is 4.79 Å². The predicted molar refractivity (Wildman–Crippen MR) is 77.6 cm³/mol. The molecule has 6 heteroatoms. The van der Waals surface area contributed by atoms with Crippen molar-refractivity contribution in [2.45, 2.75) is 58.7 Å². The van der Waals surface area contributed by atoms with Crippen LogP contribution in [0.5, 0.6) is 0 Å². The van der Waals surface area contributed by atoms with Gasteiger partial charge in [0.1, 0.15) is 11.2 Å². The lowest BCUT2D eigenvalue weighted by molar-refractivity contribution is -0.142. The van der Waals surface area contributed by atoms with Crippen molar-refractivity contribution in [3.05, 3.63) is 0 Å². The molecule has 0 aromatic carbocycles. The number of alkyl carbamates (subject to hydrolysis) is 1. The maximum Gasteiger partial charge on any atom is 0.407 e. The van der Waals surface area contributed by atoms with Crippen LogP contribution in [0.25, 0.3) is 0 Å². The first kappa shape index (κ1) is 18.9. The third kappa shape index (κ3) is 6.86. The average Bonchev–Trinajstić information content (AvgIpc) is 2.34. The molecule has 0 saturated carbocycles. The molecule has 0 rings (SSSR count). The zero-order valence-electron chi connectivity index (χ0n) is 13.2. The molecule has 20 heavy (non-hydrogen) atoms. The summed E-state index contributed by atoms with van der Waals surface area (Å²) in [6.45, 7) is 9.90. The second-order valence-electron chi connectivity index (χ2n) is 5.60. The maximum absolute atomic E-state index is 11.5. The number of nitrogens with one attached hydrogen (secondary N) is 1. The number of carbonyl (C=O) groups is 2. The van der Waals surface area contributed by atoms with Crippen LogP contribution in [-0.4, -0.2) is 42.8 Å². The molecule has 118 valence electrons. The molecule has 0 heterocycles. The number of hydrogen-bond acceptors (Lipinski definition) is 5. The lowest BCUT2D eigenvalue weighted by atomic mass is 9.98. The summed E-state index contributed by atoms with van der Waals surface area (Å²) in [6, 6.07) is 0. The van der Waals surface area contributed by atoms with Crippen molar-refractivity contribution in [3.63, 3.8) is 0 Å². The highest BCUT2D eigenvalue weighted by Gasteiger charge is 2.30. The van der Waals surface area contributed by atoms with E-state index in [2.05, 4.69) is 5.32 Å². The van der Waals surface area contributed by atoms with Crippen LogP contribution >= 0.6 is 0 Å². The van der Waals surface area contributed by atoms with Gasteiger partial charge in [0, 0.05) is 19.5 Å². The molecule has 1 atom stereocenters. The number of ketones is 1. The second kappa shape index (κ2) is 8.21. The molecule has 0 saturated heterocycles. The van der Waals surface area contributed by atoms with Crippen molar-refractivity contribution in [1.29, 1.82) is 0 Å². The van der Waals surface area contributed by atoms with E-state index in [1.165, 1.54) is 6.92 Å². The normalized spacial score (nSPS) is 14.5. The van der Waals surface area contributed by atoms with Gasteiger partial charge >= 0.3 is 6.09 Å². The standard InChI is InChI=1S/C14H28N2O4/c1-6-14(5,11(2)17)19-10-7-13(3,4)20-12(18)16-9-8-15/h6-10,15H2,1-5H3,(H,16,18). The Morgan fingerprint density at radius 1 is 1.25 bits per heavy atom. The van der Waals surface area contributed by atoms with E-state index in [1.807, 2.05) is 6.92 Å². The van der Waals surface area contributed by atoms with Gasteiger partial charge < -0.3 is 20.5 Å². The molecule has 6 nitrogen and oxygen atoms in total. The zero-order valence-corrected chi connectivity index (χ0v) is 13.2. The summed E-state index contributed by atoms with van der Waals surface area (Å²) in [5.41, 5.74) is 3.86. The molecule has 1 amide bonds. The third-order valence-corrected chi connectivity index (χ3v) is 3.33. The molecule has 3 N–H and O–H groups in total. The Kier molecular flexibility index (Phi) is 7.75. The quantitative estimate of drug-likeness (QED) is 0.672. The number of hydrogen-bond donors (Lipinski definition) is 2. The van der Waals surface area contributed by atoms with Crippen molar-refractivity contribution in [2.75, 3.05) is 19.7 Å². The van der Waals surface area contributed by atoms with Gasteiger partial charge in [-0.15, -0.1) is 0 Å². The van der Waals surface area contributed by atoms with Gasteiger partial charge in [-0.1, -0.05) is 6.92 Å². The van der Waals surface area contributed by atoms with E-state index in [4.69, 9.17) is 15.2 Å². The number of carbonyl (C=O) groups excluding carboxylic acids is 2. The molecule has 1 unspecified atom stereocenters. The SMILES string of the molecule is CCC(C)(OCCC(C)(C)OC(=O)NCCN)C(C)=O. The van der Waals surface area contributed by atoms with E-state index in [9.17, 15) is 9.59 Å². The fraction of sp³-hybridized carbons (Fsp3) is 0.857. The highest BCUT2D eigenvalue weighted by Crippen LogP contribution is 2.20. The van der Waals surface area contributed by atoms with Gasteiger partial charge in [0.15, 0.2) is 5.78 Å². The molecular formula is C14H28N2O4. The zero-order chi connectivity index (χ0) is 15.8. The summed E-state index contributed by atoms with van der Waals surface area (Å²) in [5.74, 6) is -0.000543. The van der Waals surface area contributed by atoms with Gasteiger partial charge in [-0.05, 0) is 34.1 Å². The van der Waals surface area contributed by atoms with Crippen LogP contribution in [0.2, 0.25) is 0 Å². The van der Waals surface area contributed by atoms with Crippen LogP contribution in [0.15, 0.2) is 0 Å². The molecule has 0 aliphatic heterocycles. The van der Waals surface area contributed by atoms with Crippen LogP contribution < -0.4 is 11.1 Å². The molecule has 0 aromatic heterocycles. The first-order chi connectivity index (χ1) is 9.17. The summed E-state index contributed by atoms with van der Waals surface area (Å²) < 4.78 is 10.9. The van der Waals surface area contributed by atoms with E-state index in [-0.39, 0.29) is 5.78 Å². The Morgan fingerprint density at radius 2 is 1.85 bits per heavy atom. The lowest BCUT2D eigenvalue weighted by Crippen LogP contribution is -2.40. The third-order valence-electron chi connectivity index (χ3n) is 3.33. The van der Waals surface area contributed by atoms with E-state index in [0.717, 1.165) is 0 Å². The molecule has 0 aliphatic rings. The van der Waals surface area contributed by atoms with Gasteiger partial charge in [-0.3, -0.25) is 4.79 Å². The molecule has 0 aromatic rings. The molecule has 0 bridgehead atoms. The van der Waals surface area contributed by atoms with Crippen molar-refractivity contribution >= 4 is 11.9 Å². The summed E-state index contributed by atoms with van der Waals surface area (Å²) in [4.78, 5) is 23.0.